The molecule has 1 aliphatic rings. The SMILES string of the molecule is CC(C)n1c(NCCCCCC(=O)CO)nc2c(-c3cnc(N)nc3)nc(N3CCOCC3)nc21. The van der Waals surface area contributed by atoms with Crippen LogP contribution in [-0.2, 0) is 9.53 Å². The van der Waals surface area contributed by atoms with Gasteiger partial charge in [0, 0.05) is 50.1 Å². The third-order valence-electron chi connectivity index (χ3n) is 5.88. The highest BCUT2D eigenvalue weighted by Gasteiger charge is 2.23. The van der Waals surface area contributed by atoms with Crippen molar-refractivity contribution in [1.29, 1.82) is 0 Å². The molecule has 0 saturated carbocycles. The summed E-state index contributed by atoms with van der Waals surface area (Å²) in [6, 6.07) is 0.104. The summed E-state index contributed by atoms with van der Waals surface area (Å²) >= 11 is 0. The Hall–Kier alpha value is -3.38. The number of morpholine rings is 1. The van der Waals surface area contributed by atoms with Crippen LogP contribution in [0.15, 0.2) is 12.4 Å². The van der Waals surface area contributed by atoms with Crippen LogP contribution in [0, 0.1) is 0 Å². The number of unbranched alkanes of at least 4 members (excludes halogenated alkanes) is 2. The number of carbonyl (C=O) groups is 1. The van der Waals surface area contributed by atoms with Crippen molar-refractivity contribution in [2.45, 2.75) is 45.6 Å². The summed E-state index contributed by atoms with van der Waals surface area (Å²) in [5.41, 5.74) is 8.48. The van der Waals surface area contributed by atoms with Gasteiger partial charge in [-0.2, -0.15) is 4.98 Å². The predicted molar refractivity (Wildman–Crippen MR) is 133 cm³/mol. The second-order valence-electron chi connectivity index (χ2n) is 8.81. The molecule has 0 spiro atoms. The Morgan fingerprint density at radius 3 is 2.57 bits per heavy atom. The minimum atomic E-state index is -0.383. The molecule has 0 radical (unpaired) electrons. The van der Waals surface area contributed by atoms with Gasteiger partial charge in [-0.25, -0.2) is 19.9 Å². The summed E-state index contributed by atoms with van der Waals surface area (Å²) < 4.78 is 7.59. The molecule has 1 saturated heterocycles. The maximum absolute atomic E-state index is 11.3. The maximum atomic E-state index is 11.3. The normalized spacial score (nSPS) is 14.1. The molecule has 1 aliphatic heterocycles. The predicted octanol–water partition coefficient (Wildman–Crippen LogP) is 1.82. The average Bonchev–Trinajstić information content (AvgIpc) is 3.25. The zero-order valence-corrected chi connectivity index (χ0v) is 20.3. The Balaban J connectivity index is 1.66. The van der Waals surface area contributed by atoms with Gasteiger partial charge in [-0.1, -0.05) is 6.42 Å². The summed E-state index contributed by atoms with van der Waals surface area (Å²) in [6.45, 7) is 7.18. The van der Waals surface area contributed by atoms with Gasteiger partial charge in [-0.05, 0) is 26.7 Å². The van der Waals surface area contributed by atoms with Crippen molar-refractivity contribution in [3.05, 3.63) is 12.4 Å². The fraction of sp³-hybridized carbons (Fsp3) is 0.565. The van der Waals surface area contributed by atoms with Crippen LogP contribution in [-0.4, -0.2) is 79.8 Å². The van der Waals surface area contributed by atoms with Crippen LogP contribution in [0.5, 0.6) is 0 Å². The molecule has 0 bridgehead atoms. The number of fused-ring (bicyclic) bond motifs is 1. The molecule has 4 rings (SSSR count). The zero-order chi connectivity index (χ0) is 24.8. The fourth-order valence-corrected chi connectivity index (χ4v) is 4.05. The van der Waals surface area contributed by atoms with E-state index in [-0.39, 0.29) is 24.4 Å². The number of nitrogen functional groups attached to an aromatic ring is 1. The smallest absolute Gasteiger partial charge is 0.228 e. The summed E-state index contributed by atoms with van der Waals surface area (Å²) in [4.78, 5) is 36.4. The lowest BCUT2D eigenvalue weighted by atomic mass is 10.1. The molecule has 0 unspecified atom stereocenters. The molecule has 1 fully saturated rings. The number of hydrogen-bond donors (Lipinski definition) is 3. The Bertz CT molecular complexity index is 1140. The van der Waals surface area contributed by atoms with Crippen molar-refractivity contribution in [2.24, 2.45) is 0 Å². The number of Topliss-reactive ketones (excluding diaryl/α,β-unsaturated/α-hetero) is 1. The lowest BCUT2D eigenvalue weighted by Crippen LogP contribution is -2.37. The number of hydrogen-bond acceptors (Lipinski definition) is 11. The standard InChI is InChI=1S/C23H33N9O3/c1-15(2)32-20-19(29-22(32)25-7-5-3-4-6-17(34)14-33)18(16-12-26-21(24)27-13-16)28-23(30-20)31-8-10-35-11-9-31/h12-13,15,33H,3-11,14H2,1-2H3,(H,25,29)(H2,24,26,27). The van der Waals surface area contributed by atoms with Gasteiger partial charge >= 0.3 is 0 Å². The molecule has 3 aromatic rings. The molecule has 12 heteroatoms. The molecule has 35 heavy (non-hydrogen) atoms. The van der Waals surface area contributed by atoms with E-state index in [9.17, 15) is 4.79 Å². The Morgan fingerprint density at radius 2 is 1.89 bits per heavy atom. The maximum Gasteiger partial charge on any atom is 0.228 e. The van der Waals surface area contributed by atoms with Gasteiger partial charge in [0.05, 0.1) is 13.2 Å². The first-order chi connectivity index (χ1) is 17.0. The summed E-state index contributed by atoms with van der Waals surface area (Å²) in [7, 11) is 0. The van der Waals surface area contributed by atoms with E-state index in [4.69, 9.17) is 30.5 Å². The fourth-order valence-electron chi connectivity index (χ4n) is 4.05. The average molecular weight is 484 g/mol. The van der Waals surface area contributed by atoms with Gasteiger partial charge in [0.1, 0.15) is 17.8 Å². The van der Waals surface area contributed by atoms with Crippen LogP contribution in [0.4, 0.5) is 17.8 Å². The molecule has 0 atom stereocenters. The molecule has 4 heterocycles. The Labute approximate surface area is 204 Å². The van der Waals surface area contributed by atoms with Crippen LogP contribution in [0.3, 0.4) is 0 Å². The number of aliphatic hydroxyl groups is 1. The summed E-state index contributed by atoms with van der Waals surface area (Å²) in [5.74, 6) is 1.42. The third-order valence-corrected chi connectivity index (χ3v) is 5.88. The first-order valence-electron chi connectivity index (χ1n) is 12.0. The number of ketones is 1. The van der Waals surface area contributed by atoms with Gasteiger partial charge in [-0.3, -0.25) is 9.36 Å². The highest BCUT2D eigenvalue weighted by Crippen LogP contribution is 2.32. The lowest BCUT2D eigenvalue weighted by Gasteiger charge is -2.27. The highest BCUT2D eigenvalue weighted by molar-refractivity contribution is 5.90. The number of anilines is 3. The number of carbonyl (C=O) groups excluding carboxylic acids is 1. The Kier molecular flexibility index (Phi) is 8.03. The van der Waals surface area contributed by atoms with Crippen LogP contribution in [0.2, 0.25) is 0 Å². The van der Waals surface area contributed by atoms with Gasteiger partial charge in [-0.15, -0.1) is 0 Å². The summed E-state index contributed by atoms with van der Waals surface area (Å²) in [6.07, 6.45) is 6.25. The van der Waals surface area contributed by atoms with Crippen LogP contribution < -0.4 is 16.0 Å². The summed E-state index contributed by atoms with van der Waals surface area (Å²) in [5, 5.41) is 12.3. The van der Waals surface area contributed by atoms with Gasteiger partial charge in [0.2, 0.25) is 17.8 Å². The topological polar surface area (TPSA) is 157 Å². The second kappa shape index (κ2) is 11.4. The number of imidazole rings is 1. The van der Waals surface area contributed by atoms with E-state index in [1.807, 2.05) is 0 Å². The van der Waals surface area contributed by atoms with Crippen LogP contribution >= 0.6 is 0 Å². The van der Waals surface area contributed by atoms with Crippen molar-refractivity contribution < 1.29 is 14.6 Å². The van der Waals surface area contributed by atoms with Gasteiger partial charge in [0.25, 0.3) is 0 Å². The second-order valence-corrected chi connectivity index (χ2v) is 8.81. The van der Waals surface area contributed by atoms with E-state index < -0.39 is 0 Å². The minimum Gasteiger partial charge on any atom is -0.389 e. The monoisotopic (exact) mass is 483 g/mol. The van der Waals surface area contributed by atoms with E-state index >= 15 is 0 Å². The minimum absolute atomic E-state index is 0.104. The van der Waals surface area contributed by atoms with Gasteiger partial charge in [0.15, 0.2) is 11.4 Å². The van der Waals surface area contributed by atoms with Crippen molar-refractivity contribution in [1.82, 2.24) is 29.5 Å². The molecular weight excluding hydrogens is 450 g/mol. The van der Waals surface area contributed by atoms with E-state index in [0.717, 1.165) is 30.5 Å². The number of rotatable bonds is 11. The van der Waals surface area contributed by atoms with Gasteiger partial charge < -0.3 is 25.8 Å². The van der Waals surface area contributed by atoms with Crippen molar-refractivity contribution in [3.63, 3.8) is 0 Å². The number of nitrogens with two attached hydrogens (primary N) is 1. The highest BCUT2D eigenvalue weighted by atomic mass is 16.5. The van der Waals surface area contributed by atoms with Crippen molar-refractivity contribution in [3.8, 4) is 11.3 Å². The number of ether oxygens (including phenoxy) is 1. The molecule has 12 nitrogen and oxygen atoms in total. The first-order valence-corrected chi connectivity index (χ1v) is 12.0. The largest absolute Gasteiger partial charge is 0.389 e. The quantitative estimate of drug-likeness (QED) is 0.342. The third kappa shape index (κ3) is 5.82. The van der Waals surface area contributed by atoms with Crippen molar-refractivity contribution in [2.75, 3.05) is 55.4 Å². The van der Waals surface area contributed by atoms with Crippen LogP contribution in [0.25, 0.3) is 22.4 Å². The van der Waals surface area contributed by atoms with Crippen molar-refractivity contribution >= 4 is 34.8 Å². The van der Waals surface area contributed by atoms with Crippen LogP contribution in [0.1, 0.15) is 45.6 Å². The van der Waals surface area contributed by atoms with E-state index in [2.05, 4.69) is 38.6 Å². The number of aliphatic hydroxyl groups excluding tert-OH is 1. The molecule has 0 amide bonds. The molecule has 0 aromatic carbocycles. The first kappa shape index (κ1) is 24.7. The van der Waals surface area contributed by atoms with E-state index in [1.54, 1.807) is 12.4 Å². The number of nitrogens with one attached hydrogen (secondary N) is 1. The Morgan fingerprint density at radius 1 is 1.14 bits per heavy atom. The number of nitrogens with zero attached hydrogens (tertiary/aromatic N) is 7. The molecular formula is C23H33N9O3. The van der Waals surface area contributed by atoms with E-state index in [0.29, 0.717) is 62.4 Å². The lowest BCUT2D eigenvalue weighted by molar-refractivity contribution is -0.121. The molecule has 4 N–H and O–H groups in total. The molecule has 0 aliphatic carbocycles. The van der Waals surface area contributed by atoms with E-state index in [1.165, 1.54) is 0 Å². The number of aromatic nitrogens is 6. The molecule has 3 aromatic heterocycles. The molecule has 188 valence electrons. The zero-order valence-electron chi connectivity index (χ0n) is 20.3.